The highest BCUT2D eigenvalue weighted by Gasteiger charge is 2.49. The quantitative estimate of drug-likeness (QED) is 0.171. The fraction of sp³-hybridized carbons (Fsp3) is 0.432. The number of terminal acetylenes is 1. The summed E-state index contributed by atoms with van der Waals surface area (Å²) in [4.78, 5) is 18.1. The number of nitrogens with zero attached hydrogens (tertiary/aromatic N) is 5. The first-order valence-electron chi connectivity index (χ1n) is 16.9. The van der Waals surface area contributed by atoms with E-state index in [0.29, 0.717) is 37.3 Å². The second-order valence-electron chi connectivity index (χ2n) is 14.0. The van der Waals surface area contributed by atoms with Crippen molar-refractivity contribution in [3.8, 4) is 41.2 Å². The molecule has 2 bridgehead atoms. The van der Waals surface area contributed by atoms with E-state index in [1.807, 2.05) is 4.90 Å². The molecular weight excluding hydrogens is 652 g/mol. The van der Waals surface area contributed by atoms with Gasteiger partial charge in [0.1, 0.15) is 40.6 Å². The van der Waals surface area contributed by atoms with Crippen molar-refractivity contribution in [1.29, 1.82) is 0 Å². The Hall–Kier alpha value is -4.67. The van der Waals surface area contributed by atoms with Gasteiger partial charge < -0.3 is 24.8 Å². The van der Waals surface area contributed by atoms with Crippen LogP contribution >= 0.6 is 0 Å². The number of phenolic OH excluding ortho intramolecular Hbond substituents is 1. The Labute approximate surface area is 286 Å². The molecule has 9 nitrogen and oxygen atoms in total. The molecule has 2 unspecified atom stereocenters. The van der Waals surface area contributed by atoms with Crippen LogP contribution in [0.1, 0.15) is 51.0 Å². The number of halogens is 4. The first-order valence-corrected chi connectivity index (χ1v) is 16.9. The predicted octanol–water partition coefficient (Wildman–Crippen LogP) is 6.31. The van der Waals surface area contributed by atoms with Gasteiger partial charge in [-0.2, -0.15) is 18.7 Å². The van der Waals surface area contributed by atoms with Crippen LogP contribution in [-0.4, -0.2) is 82.0 Å². The Morgan fingerprint density at radius 2 is 2.00 bits per heavy atom. The van der Waals surface area contributed by atoms with E-state index < -0.39 is 23.3 Å². The average Bonchev–Trinajstić information content (AvgIpc) is 3.77. The number of benzene rings is 2. The molecule has 2 aromatic carbocycles. The van der Waals surface area contributed by atoms with E-state index in [2.05, 4.69) is 33.0 Å². The Balaban J connectivity index is 1.32. The number of aromatic nitrogens is 3. The number of anilines is 1. The van der Waals surface area contributed by atoms with Gasteiger partial charge in [0.2, 0.25) is 5.88 Å². The molecule has 0 saturated carbocycles. The third kappa shape index (κ3) is 5.10. The van der Waals surface area contributed by atoms with Crippen molar-refractivity contribution < 1.29 is 32.1 Å². The maximum Gasteiger partial charge on any atom is 0.319 e. The van der Waals surface area contributed by atoms with Crippen LogP contribution < -0.4 is 19.7 Å². The normalized spacial score (nSPS) is 24.6. The number of aromatic hydroxyl groups is 1. The first-order chi connectivity index (χ1) is 24.1. The van der Waals surface area contributed by atoms with Gasteiger partial charge in [0.25, 0.3) is 6.08 Å². The van der Waals surface area contributed by atoms with Crippen molar-refractivity contribution in [1.82, 2.24) is 25.2 Å². The van der Waals surface area contributed by atoms with Crippen molar-refractivity contribution >= 4 is 27.5 Å². The number of hydrogen-bond acceptors (Lipinski definition) is 9. The molecule has 260 valence electrons. The third-order valence-corrected chi connectivity index (χ3v) is 11.2. The van der Waals surface area contributed by atoms with E-state index in [9.17, 15) is 18.3 Å². The van der Waals surface area contributed by atoms with Gasteiger partial charge in [-0.15, -0.1) is 6.42 Å². The summed E-state index contributed by atoms with van der Waals surface area (Å²) in [6.45, 7) is 4.19. The van der Waals surface area contributed by atoms with Gasteiger partial charge in [-0.25, -0.2) is 13.8 Å². The van der Waals surface area contributed by atoms with E-state index in [0.717, 1.165) is 25.7 Å². The molecule has 4 aliphatic heterocycles. The van der Waals surface area contributed by atoms with Crippen LogP contribution in [0.15, 0.2) is 35.9 Å². The molecule has 4 saturated heterocycles. The van der Waals surface area contributed by atoms with Gasteiger partial charge in [0.05, 0.1) is 18.2 Å². The Morgan fingerprint density at radius 3 is 2.76 bits per heavy atom. The van der Waals surface area contributed by atoms with Crippen molar-refractivity contribution in [2.45, 2.75) is 62.6 Å². The first kappa shape index (κ1) is 32.5. The molecule has 4 aromatic rings. The third-order valence-electron chi connectivity index (χ3n) is 11.2. The van der Waals surface area contributed by atoms with E-state index in [-0.39, 0.29) is 87.5 Å². The van der Waals surface area contributed by atoms with Gasteiger partial charge in [-0.3, -0.25) is 4.90 Å². The van der Waals surface area contributed by atoms with E-state index in [1.54, 1.807) is 0 Å². The molecule has 6 heterocycles. The molecule has 8 rings (SSSR count). The SMILES string of the molecule is C#Cc1c(F)ccc2cc(O)cc(-c3nc(OC)c4c(N5CC6CCC(CC)(C5)N6)nc(OC[C@@]56CCCN5CC(=C(F)F)C6)nc4c3F)c12. The second-order valence-corrected chi connectivity index (χ2v) is 14.0. The number of fused-ring (bicyclic) bond motifs is 5. The highest BCUT2D eigenvalue weighted by molar-refractivity contribution is 6.04. The van der Waals surface area contributed by atoms with Crippen molar-refractivity contribution in [3.05, 3.63) is 53.1 Å². The number of piperazine rings is 1. The highest BCUT2D eigenvalue weighted by Crippen LogP contribution is 2.45. The number of hydrogen-bond donors (Lipinski definition) is 2. The van der Waals surface area contributed by atoms with Crippen LogP contribution in [0.4, 0.5) is 23.4 Å². The summed E-state index contributed by atoms with van der Waals surface area (Å²) >= 11 is 0. The zero-order valence-corrected chi connectivity index (χ0v) is 27.8. The standard InChI is InChI=1S/C37H36F4N6O3/c1-4-24-26(38)8-7-20-13-23(48)14-25(27(20)24)30-29(39)31-28(34(42-30)49-3)33(46-17-22-9-11-36(5-2,18-46)45-22)44-35(43-31)50-19-37-10-6-12-47(37)16-21(15-37)32(40)41/h1,7-8,13-14,22,45,48H,5-6,9-12,15-19H2,2-3H3/t22?,36?,37-/m0/s1. The van der Waals surface area contributed by atoms with Gasteiger partial charge >= 0.3 is 6.01 Å². The van der Waals surface area contributed by atoms with Gasteiger partial charge in [0.15, 0.2) is 5.82 Å². The van der Waals surface area contributed by atoms with E-state index in [1.165, 1.54) is 31.4 Å². The second kappa shape index (κ2) is 12.0. The van der Waals surface area contributed by atoms with Crippen LogP contribution in [0, 0.1) is 24.0 Å². The number of rotatable bonds is 7. The Morgan fingerprint density at radius 1 is 1.16 bits per heavy atom. The van der Waals surface area contributed by atoms with Crippen LogP contribution in [-0.2, 0) is 0 Å². The average molecular weight is 689 g/mol. The lowest BCUT2D eigenvalue weighted by Crippen LogP contribution is -2.59. The summed E-state index contributed by atoms with van der Waals surface area (Å²) in [5.41, 5.74) is -1.18. The number of pyridine rings is 1. The molecule has 0 radical (unpaired) electrons. The summed E-state index contributed by atoms with van der Waals surface area (Å²) in [5.74, 6) is 1.00. The molecule has 0 amide bonds. The minimum Gasteiger partial charge on any atom is -0.508 e. The smallest absolute Gasteiger partial charge is 0.319 e. The van der Waals surface area contributed by atoms with Crippen LogP contribution in [0.3, 0.4) is 0 Å². The summed E-state index contributed by atoms with van der Waals surface area (Å²) in [6, 6.07) is 5.40. The summed E-state index contributed by atoms with van der Waals surface area (Å²) in [5, 5.41) is 15.2. The molecule has 4 fully saturated rings. The molecule has 3 atom stereocenters. The topological polar surface area (TPSA) is 95.9 Å². The summed E-state index contributed by atoms with van der Waals surface area (Å²) in [6.07, 6.45) is 8.55. The maximum atomic E-state index is 17.2. The van der Waals surface area contributed by atoms with E-state index in [4.69, 9.17) is 20.9 Å². The van der Waals surface area contributed by atoms with Crippen molar-refractivity contribution in [2.75, 3.05) is 44.8 Å². The molecule has 0 aliphatic carbocycles. The van der Waals surface area contributed by atoms with Crippen molar-refractivity contribution in [3.63, 3.8) is 0 Å². The molecule has 4 aliphatic rings. The Bertz CT molecular complexity index is 2130. The monoisotopic (exact) mass is 688 g/mol. The summed E-state index contributed by atoms with van der Waals surface area (Å²) in [7, 11) is 1.41. The zero-order valence-electron chi connectivity index (χ0n) is 27.8. The van der Waals surface area contributed by atoms with E-state index >= 15 is 4.39 Å². The number of phenols is 1. The number of nitrogens with one attached hydrogen (secondary N) is 1. The fourth-order valence-electron chi connectivity index (χ4n) is 8.68. The predicted molar refractivity (Wildman–Crippen MR) is 181 cm³/mol. The lowest BCUT2D eigenvalue weighted by Gasteiger charge is -2.42. The van der Waals surface area contributed by atoms with Gasteiger partial charge in [-0.05, 0) is 68.7 Å². The van der Waals surface area contributed by atoms with Crippen LogP contribution in [0.5, 0.6) is 17.6 Å². The molecule has 2 aromatic heterocycles. The molecule has 50 heavy (non-hydrogen) atoms. The minimum atomic E-state index is -1.66. The number of methoxy groups -OCH3 is 1. The molecule has 2 N–H and O–H groups in total. The zero-order chi connectivity index (χ0) is 34.9. The van der Waals surface area contributed by atoms with Crippen LogP contribution in [0.25, 0.3) is 32.9 Å². The molecule has 13 heteroatoms. The van der Waals surface area contributed by atoms with Crippen molar-refractivity contribution in [2.24, 2.45) is 0 Å². The lowest BCUT2D eigenvalue weighted by molar-refractivity contribution is 0.108. The fourth-order valence-corrected chi connectivity index (χ4v) is 8.68. The Kier molecular flexibility index (Phi) is 7.80. The van der Waals surface area contributed by atoms with Crippen LogP contribution in [0.2, 0.25) is 0 Å². The van der Waals surface area contributed by atoms with Gasteiger partial charge in [0, 0.05) is 47.7 Å². The van der Waals surface area contributed by atoms with Gasteiger partial charge in [-0.1, -0.05) is 18.9 Å². The number of ether oxygens (including phenoxy) is 2. The maximum absolute atomic E-state index is 17.2. The highest BCUT2D eigenvalue weighted by atomic mass is 19.3. The molecular formula is C37H36F4N6O3. The largest absolute Gasteiger partial charge is 0.508 e. The minimum absolute atomic E-state index is 0.0223. The summed E-state index contributed by atoms with van der Waals surface area (Å²) < 4.78 is 71.6. The molecule has 0 spiro atoms. The lowest BCUT2D eigenvalue weighted by atomic mass is 9.93.